The van der Waals surface area contributed by atoms with Crippen molar-refractivity contribution in [1.82, 2.24) is 4.98 Å². The van der Waals surface area contributed by atoms with Crippen LogP contribution in [0.3, 0.4) is 0 Å². The van der Waals surface area contributed by atoms with E-state index < -0.39 is 0 Å². The maximum atomic E-state index is 9.30. The zero-order chi connectivity index (χ0) is 15.8. The molecule has 0 fully saturated rings. The van der Waals surface area contributed by atoms with E-state index in [1.807, 2.05) is 61.5 Å². The van der Waals surface area contributed by atoms with Crippen molar-refractivity contribution in [3.8, 4) is 11.5 Å². The minimum Gasteiger partial charge on any atom is -0.454 e. The third-order valence-corrected chi connectivity index (χ3v) is 3.94. The summed E-state index contributed by atoms with van der Waals surface area (Å²) < 4.78 is 5.96. The van der Waals surface area contributed by atoms with Gasteiger partial charge in [-0.3, -0.25) is 0 Å². The number of rotatable bonds is 1. The van der Waals surface area contributed by atoms with Gasteiger partial charge in [0.2, 0.25) is 0 Å². The molecule has 4 nitrogen and oxygen atoms in total. The predicted molar refractivity (Wildman–Crippen MR) is 89.0 cm³/mol. The van der Waals surface area contributed by atoms with Gasteiger partial charge in [0.1, 0.15) is 16.6 Å². The second kappa shape index (κ2) is 5.25. The van der Waals surface area contributed by atoms with Crippen LogP contribution in [0.4, 0.5) is 0 Å². The molecule has 4 aromatic rings. The molecule has 0 saturated heterocycles. The average molecular weight is 302 g/mol. The average Bonchev–Trinajstić information content (AvgIpc) is 2.60. The van der Waals surface area contributed by atoms with Crippen LogP contribution in [-0.4, -0.2) is 10.2 Å². The maximum Gasteiger partial charge on any atom is 0.155 e. The Balaban J connectivity index is 2.03. The highest BCUT2D eigenvalue weighted by molar-refractivity contribution is 5.87. The zero-order valence-electron chi connectivity index (χ0n) is 12.5. The van der Waals surface area contributed by atoms with E-state index in [1.54, 1.807) is 6.07 Å². The summed E-state index contributed by atoms with van der Waals surface area (Å²) in [5.41, 5.74) is 2.31. The highest BCUT2D eigenvalue weighted by Gasteiger charge is 2.09. The normalized spacial score (nSPS) is 12.1. The van der Waals surface area contributed by atoms with E-state index in [1.165, 1.54) is 0 Å². The van der Waals surface area contributed by atoms with Crippen molar-refractivity contribution in [2.75, 3.05) is 0 Å². The van der Waals surface area contributed by atoms with Crippen molar-refractivity contribution in [1.29, 1.82) is 0 Å². The lowest BCUT2D eigenvalue weighted by Crippen LogP contribution is -2.03. The van der Waals surface area contributed by atoms with E-state index in [0.29, 0.717) is 16.7 Å². The lowest BCUT2D eigenvalue weighted by atomic mass is 10.1. The van der Waals surface area contributed by atoms with Crippen LogP contribution in [0.2, 0.25) is 0 Å². The van der Waals surface area contributed by atoms with Crippen LogP contribution in [0, 0.1) is 6.92 Å². The monoisotopic (exact) mass is 302 g/mol. The van der Waals surface area contributed by atoms with Gasteiger partial charge in [-0.15, -0.1) is 0 Å². The summed E-state index contributed by atoms with van der Waals surface area (Å²) in [5, 5.41) is 16.1. The summed E-state index contributed by atoms with van der Waals surface area (Å²) in [6, 6.07) is 19.3. The van der Waals surface area contributed by atoms with Crippen LogP contribution in [0.15, 0.2) is 70.2 Å². The Bertz CT molecular complexity index is 1100. The Morgan fingerprint density at radius 3 is 2.52 bits per heavy atom. The summed E-state index contributed by atoms with van der Waals surface area (Å²) in [6.45, 7) is 1.98. The second-order valence-electron chi connectivity index (χ2n) is 5.41. The van der Waals surface area contributed by atoms with Crippen molar-refractivity contribution in [3.63, 3.8) is 0 Å². The van der Waals surface area contributed by atoms with Crippen molar-refractivity contribution in [3.05, 3.63) is 71.7 Å². The van der Waals surface area contributed by atoms with E-state index in [-0.39, 0.29) is 0 Å². The third-order valence-electron chi connectivity index (χ3n) is 3.94. The lowest BCUT2D eigenvalue weighted by Gasteiger charge is -2.07. The van der Waals surface area contributed by atoms with Gasteiger partial charge in [-0.05, 0) is 30.5 Å². The summed E-state index contributed by atoms with van der Waals surface area (Å²) in [4.78, 5) is 4.64. The molecule has 0 saturated carbocycles. The fourth-order valence-electron chi connectivity index (χ4n) is 2.83. The van der Waals surface area contributed by atoms with Gasteiger partial charge >= 0.3 is 0 Å². The summed E-state index contributed by atoms with van der Waals surface area (Å²) in [6.07, 6.45) is 0. The topological polar surface area (TPSA) is 58.6 Å². The van der Waals surface area contributed by atoms with Gasteiger partial charge in [-0.25, -0.2) is 4.98 Å². The molecule has 0 unspecified atom stereocenters. The molecular formula is C19H14N2O2. The highest BCUT2D eigenvalue weighted by Crippen LogP contribution is 2.25. The number of hydrogen-bond donors (Lipinski definition) is 1. The van der Waals surface area contributed by atoms with Gasteiger partial charge in [0.15, 0.2) is 5.76 Å². The molecule has 0 spiro atoms. The fraction of sp³-hybridized carbons (Fsp3) is 0.0526. The summed E-state index contributed by atoms with van der Waals surface area (Å²) >= 11 is 0. The molecule has 2 heterocycles. The molecule has 4 rings (SSSR count). The molecule has 0 aliphatic rings. The number of pyridine rings is 1. The standard InChI is InChI=1S/C19H14N2O2/c1-12-14-7-3-2-6-13(14)10-17(20-12)19-11-16(21-22)15-8-4-5-9-18(15)23-19/h2-11,22H,1H3. The first-order chi connectivity index (χ1) is 11.3. The first kappa shape index (κ1) is 13.5. The van der Waals surface area contributed by atoms with Crippen molar-refractivity contribution in [2.24, 2.45) is 5.16 Å². The van der Waals surface area contributed by atoms with E-state index in [9.17, 15) is 5.21 Å². The van der Waals surface area contributed by atoms with Crippen molar-refractivity contribution in [2.45, 2.75) is 6.92 Å². The third kappa shape index (κ3) is 2.25. The molecular weight excluding hydrogens is 288 g/mol. The molecule has 0 amide bonds. The summed E-state index contributed by atoms with van der Waals surface area (Å²) in [5.74, 6) is 0.574. The minimum absolute atomic E-state index is 0.467. The smallest absolute Gasteiger partial charge is 0.155 e. The SMILES string of the molecule is Cc1nc(-c2cc(=NO)c3ccccc3o2)cc2ccccc12. The van der Waals surface area contributed by atoms with Crippen LogP contribution in [0.5, 0.6) is 0 Å². The molecule has 0 radical (unpaired) electrons. The van der Waals surface area contributed by atoms with Gasteiger partial charge in [0, 0.05) is 22.5 Å². The van der Waals surface area contributed by atoms with E-state index >= 15 is 0 Å². The van der Waals surface area contributed by atoms with Crippen LogP contribution >= 0.6 is 0 Å². The molecule has 112 valence electrons. The summed E-state index contributed by atoms with van der Waals surface area (Å²) in [7, 11) is 0. The van der Waals surface area contributed by atoms with Crippen LogP contribution < -0.4 is 5.36 Å². The Kier molecular flexibility index (Phi) is 3.08. The first-order valence-corrected chi connectivity index (χ1v) is 7.34. The Labute approximate surface area is 132 Å². The Hall–Kier alpha value is -3.14. The number of fused-ring (bicyclic) bond motifs is 2. The van der Waals surface area contributed by atoms with Crippen molar-refractivity contribution < 1.29 is 9.62 Å². The van der Waals surface area contributed by atoms with Crippen molar-refractivity contribution >= 4 is 21.7 Å². The maximum absolute atomic E-state index is 9.30. The van der Waals surface area contributed by atoms with Gasteiger partial charge in [-0.2, -0.15) is 0 Å². The Morgan fingerprint density at radius 2 is 1.70 bits per heavy atom. The molecule has 0 bridgehead atoms. The molecule has 23 heavy (non-hydrogen) atoms. The predicted octanol–water partition coefficient (Wildman–Crippen LogP) is 4.25. The number of benzene rings is 2. The van der Waals surface area contributed by atoms with Gasteiger partial charge in [0.25, 0.3) is 0 Å². The fourth-order valence-corrected chi connectivity index (χ4v) is 2.83. The van der Waals surface area contributed by atoms with E-state index in [4.69, 9.17) is 4.42 Å². The number of para-hydroxylation sites is 1. The number of aryl methyl sites for hydroxylation is 1. The molecule has 4 heteroatoms. The largest absolute Gasteiger partial charge is 0.454 e. The van der Waals surface area contributed by atoms with Crippen LogP contribution in [0.1, 0.15) is 5.69 Å². The molecule has 0 atom stereocenters. The number of nitrogens with zero attached hydrogens (tertiary/aromatic N) is 2. The highest BCUT2D eigenvalue weighted by atomic mass is 16.4. The number of aromatic nitrogens is 1. The van der Waals surface area contributed by atoms with Crippen LogP contribution in [0.25, 0.3) is 33.2 Å². The molecule has 1 N–H and O–H groups in total. The Morgan fingerprint density at radius 1 is 0.957 bits per heavy atom. The van der Waals surface area contributed by atoms with Crippen LogP contribution in [-0.2, 0) is 0 Å². The van der Waals surface area contributed by atoms with Gasteiger partial charge < -0.3 is 9.62 Å². The minimum atomic E-state index is 0.467. The van der Waals surface area contributed by atoms with E-state index in [0.717, 1.165) is 27.5 Å². The zero-order valence-corrected chi connectivity index (χ0v) is 12.5. The first-order valence-electron chi connectivity index (χ1n) is 7.34. The van der Waals surface area contributed by atoms with Gasteiger partial charge in [-0.1, -0.05) is 41.6 Å². The lowest BCUT2D eigenvalue weighted by molar-refractivity contribution is 0.302. The molecule has 2 aromatic heterocycles. The molecule has 2 aromatic carbocycles. The number of hydrogen-bond acceptors (Lipinski definition) is 4. The second-order valence-corrected chi connectivity index (χ2v) is 5.41. The van der Waals surface area contributed by atoms with Gasteiger partial charge in [0.05, 0.1) is 0 Å². The van der Waals surface area contributed by atoms with E-state index in [2.05, 4.69) is 10.1 Å². The molecule has 0 aliphatic carbocycles. The molecule has 0 aliphatic heterocycles. The quantitative estimate of drug-likeness (QED) is 0.422.